The minimum absolute atomic E-state index is 0.00299. The molecule has 0 saturated carbocycles. The van der Waals surface area contributed by atoms with Crippen LogP contribution in [0.2, 0.25) is 0 Å². The van der Waals surface area contributed by atoms with Crippen LogP contribution in [0, 0.1) is 0 Å². The molecule has 0 aromatic heterocycles. The molecule has 0 rings (SSSR count). The number of esters is 10. The molecule has 0 amide bonds. The molecule has 20 nitrogen and oxygen atoms in total. The summed E-state index contributed by atoms with van der Waals surface area (Å²) in [6, 6.07) is 0. The van der Waals surface area contributed by atoms with E-state index in [1.165, 1.54) is 13.8 Å². The Morgan fingerprint density at radius 3 is 0.637 bits per heavy atom. The Bertz CT molecular complexity index is 2800. The van der Waals surface area contributed by atoms with Gasteiger partial charge in [0.1, 0.15) is 72.5 Å². The molecule has 102 heavy (non-hydrogen) atoms. The highest BCUT2D eigenvalue weighted by Gasteiger charge is 2.65. The highest BCUT2D eigenvalue weighted by molar-refractivity contribution is 5.87. The van der Waals surface area contributed by atoms with Gasteiger partial charge in [-0.15, -0.1) is 0 Å². The Hall–Kier alpha value is -8.77. The Kier molecular flexibility index (Phi) is 43.2. The Morgan fingerprint density at radius 1 is 0.294 bits per heavy atom. The maximum absolute atomic E-state index is 13.0. The summed E-state index contributed by atoms with van der Waals surface area (Å²) in [6.45, 7) is 10.5. The van der Waals surface area contributed by atoms with Crippen molar-refractivity contribution >= 4 is 59.7 Å². The molecule has 0 saturated heterocycles. The van der Waals surface area contributed by atoms with Crippen molar-refractivity contribution in [3.63, 3.8) is 0 Å². The summed E-state index contributed by atoms with van der Waals surface area (Å²) in [5, 5.41) is 0. The first-order valence-electron chi connectivity index (χ1n) is 25.6. The molecule has 0 aliphatic heterocycles. The molecule has 0 aliphatic carbocycles. The largest absolute Gasteiger partial charge is 0.459 e. The van der Waals surface area contributed by atoms with Gasteiger partial charge in [0.15, 0.2) is 0 Å². The molecule has 0 aromatic rings. The van der Waals surface area contributed by atoms with E-state index in [0.29, 0.717) is 6.08 Å². The highest BCUT2D eigenvalue weighted by Crippen LogP contribution is 2.45. The average molecular weight is 1570 g/mol. The normalized spacial score (nSPS) is 12.3. The van der Waals surface area contributed by atoms with Crippen LogP contribution in [0.25, 0.3) is 0 Å². The van der Waals surface area contributed by atoms with Gasteiger partial charge in [0.25, 0.3) is 0 Å². The van der Waals surface area contributed by atoms with Gasteiger partial charge < -0.3 is 47.4 Å². The zero-order valence-electron chi connectivity index (χ0n) is 50.9. The topological polar surface area (TPSA) is 263 Å². The Balaban J connectivity index is -0.000000385. The predicted octanol–water partition coefficient (Wildman–Crippen LogP) is 12.0. The van der Waals surface area contributed by atoms with Crippen molar-refractivity contribution in [1.29, 1.82) is 0 Å². The van der Waals surface area contributed by atoms with Crippen molar-refractivity contribution in [2.45, 2.75) is 131 Å². The maximum Gasteiger partial charge on any atom is 0.453 e. The first-order valence-corrected chi connectivity index (χ1v) is 25.6. The summed E-state index contributed by atoms with van der Waals surface area (Å²) >= 11 is 0. The van der Waals surface area contributed by atoms with E-state index in [9.17, 15) is 184 Å². The van der Waals surface area contributed by atoms with Gasteiger partial charge in [-0.1, -0.05) is 32.9 Å². The van der Waals surface area contributed by atoms with Gasteiger partial charge in [-0.3, -0.25) is 0 Å². The number of ether oxygens (including phenoxy) is 10. The van der Waals surface area contributed by atoms with Crippen molar-refractivity contribution in [2.24, 2.45) is 0 Å². The van der Waals surface area contributed by atoms with Gasteiger partial charge in [-0.2, -0.15) is 101 Å². The minimum atomic E-state index is -6.23. The average Bonchev–Trinajstić information content (AvgIpc) is 0.816. The maximum atomic E-state index is 13.0. The highest BCUT2D eigenvalue weighted by atomic mass is 19.4. The third-order valence-electron chi connectivity index (χ3n) is 9.17. The summed E-state index contributed by atoms with van der Waals surface area (Å²) < 4.78 is 422. The quantitative estimate of drug-likeness (QED) is 0.0185. The monoisotopic (exact) mass is 1570 g/mol. The van der Waals surface area contributed by atoms with Crippen LogP contribution in [0.1, 0.15) is 46.0 Å². The van der Waals surface area contributed by atoms with Gasteiger partial charge in [-0.25, -0.2) is 83.1 Å². The van der Waals surface area contributed by atoms with Crippen molar-refractivity contribution < 1.29 is 231 Å². The number of halogens is 31. The van der Waals surface area contributed by atoms with Crippen LogP contribution in [0.4, 0.5) is 136 Å². The summed E-state index contributed by atoms with van der Waals surface area (Å²) in [6.07, 6.45) is -38.2. The van der Waals surface area contributed by atoms with Crippen LogP contribution in [0.15, 0.2) is 62.3 Å². The van der Waals surface area contributed by atoms with Crippen molar-refractivity contribution in [1.82, 2.24) is 0 Å². The van der Waals surface area contributed by atoms with Crippen LogP contribution >= 0.6 is 0 Å². The molecule has 0 aliphatic rings. The fourth-order valence-electron chi connectivity index (χ4n) is 4.44. The number of carbonyl (C=O) groups is 10. The molecular weight excluding hydrogens is 1520 g/mol. The van der Waals surface area contributed by atoms with E-state index in [1.807, 2.05) is 0 Å². The van der Waals surface area contributed by atoms with Gasteiger partial charge >= 0.3 is 144 Å². The van der Waals surface area contributed by atoms with Crippen LogP contribution in [0.5, 0.6) is 0 Å². The van der Waals surface area contributed by atoms with Crippen molar-refractivity contribution in [3.8, 4) is 0 Å². The van der Waals surface area contributed by atoms with Gasteiger partial charge in [0.2, 0.25) is 0 Å². The lowest BCUT2D eigenvalue weighted by molar-refractivity contribution is -0.299. The standard InChI is InChI=1S/C11H11F7O4.C11H12F6O4.C10H9F7O4.C10H10F6O4.C9H9F5O4/c1-6(2)7(19)21-3-4-22-8(20)9(12,13)5-10(14,15)11(16,17)18;1-6(2)7(18)20-3-4-21-9(19)11(16,17)5-10(14,15)8(12)13;1-2-6(18)20-3-4-21-7(19)8(11,12)5-9(13,14)10(15,16)17;1-2-6(17)19-3-4-20-8(18)10(15,16)5-9(13,14)7(11)12;1-2-6(15)17-3-4-18-7(16)8(10,11)5-9(12,13)14/h1,3-5H2,2H3;8H,1,3-5H2,2H3;2H,1,3-5H2;2,7H,1,3-5H2;2H,1,3-5H2. The fraction of sp³-hybridized carbons (Fsp3) is 0.608. The predicted molar refractivity (Wildman–Crippen MR) is 268 cm³/mol. The molecule has 0 N–H and O–H groups in total. The second kappa shape index (κ2) is 43.2. The van der Waals surface area contributed by atoms with Gasteiger partial charge in [0, 0.05) is 29.4 Å². The lowest BCUT2D eigenvalue weighted by Crippen LogP contribution is -2.45. The first-order chi connectivity index (χ1) is 45.5. The van der Waals surface area contributed by atoms with E-state index in [2.05, 4.69) is 80.3 Å². The van der Waals surface area contributed by atoms with Gasteiger partial charge in [0.05, 0.1) is 25.7 Å². The number of rotatable bonds is 36. The lowest BCUT2D eigenvalue weighted by Gasteiger charge is -2.23. The fourth-order valence-corrected chi connectivity index (χ4v) is 4.44. The molecule has 592 valence electrons. The Labute approximate surface area is 549 Å². The summed E-state index contributed by atoms with van der Waals surface area (Å²) in [5.74, 6) is -62.8. The lowest BCUT2D eigenvalue weighted by atomic mass is 10.1. The molecule has 0 radical (unpaired) electrons. The van der Waals surface area contributed by atoms with Crippen molar-refractivity contribution in [3.05, 3.63) is 62.3 Å². The number of carbonyl (C=O) groups excluding carboxylic acids is 10. The second-order valence-corrected chi connectivity index (χ2v) is 18.2. The summed E-state index contributed by atoms with van der Waals surface area (Å²) in [7, 11) is 0. The smallest absolute Gasteiger partial charge is 0.453 e. The molecule has 0 heterocycles. The van der Waals surface area contributed by atoms with Crippen LogP contribution in [-0.4, -0.2) is 210 Å². The molecule has 0 atom stereocenters. The first kappa shape index (κ1) is 102. The molecule has 0 aromatic carbocycles. The van der Waals surface area contributed by atoms with Crippen LogP contribution in [0.3, 0.4) is 0 Å². The molecule has 0 fully saturated rings. The zero-order chi connectivity index (χ0) is 81.9. The van der Waals surface area contributed by atoms with E-state index in [-0.39, 0.29) is 11.1 Å². The van der Waals surface area contributed by atoms with E-state index in [1.54, 1.807) is 0 Å². The van der Waals surface area contributed by atoms with Crippen LogP contribution in [-0.2, 0) is 95.3 Å². The second-order valence-electron chi connectivity index (χ2n) is 18.2. The zero-order valence-corrected chi connectivity index (χ0v) is 50.9. The number of hydrogen-bond acceptors (Lipinski definition) is 20. The Morgan fingerprint density at radius 2 is 0.471 bits per heavy atom. The van der Waals surface area contributed by atoms with E-state index in [0.717, 1.165) is 12.2 Å². The summed E-state index contributed by atoms with van der Waals surface area (Å²) in [5.41, 5.74) is -0.0373. The molecule has 0 bridgehead atoms. The molecule has 0 unspecified atom stereocenters. The van der Waals surface area contributed by atoms with E-state index in [4.69, 9.17) is 0 Å². The van der Waals surface area contributed by atoms with E-state index >= 15 is 0 Å². The van der Waals surface area contributed by atoms with Crippen LogP contribution < -0.4 is 0 Å². The number of alkyl halides is 31. The third kappa shape index (κ3) is 43.8. The minimum Gasteiger partial charge on any atom is -0.459 e. The third-order valence-corrected chi connectivity index (χ3v) is 9.17. The van der Waals surface area contributed by atoms with E-state index < -0.39 is 243 Å². The molecule has 0 spiro atoms. The summed E-state index contributed by atoms with van der Waals surface area (Å²) in [4.78, 5) is 107. The molecule has 51 heteroatoms. The van der Waals surface area contributed by atoms with Gasteiger partial charge in [-0.05, 0) is 13.8 Å². The SMILES string of the molecule is C=C(C)C(=O)OCCOC(=O)C(F)(F)CC(F)(F)C(F)(F)F.C=C(C)C(=O)OCCOC(=O)C(F)(F)CC(F)(F)C(F)F.C=CC(=O)OCCOC(=O)C(F)(F)CC(F)(F)C(F)(F)F.C=CC(=O)OCCOC(=O)C(F)(F)CC(F)(F)C(F)F.C=CC(=O)OCCOC(=O)C(F)(F)CC(F)(F)F. The number of hydrogen-bond donors (Lipinski definition) is 0. The molecular formula is C51H51F31O20. The van der Waals surface area contributed by atoms with Crippen molar-refractivity contribution in [2.75, 3.05) is 66.1 Å².